The van der Waals surface area contributed by atoms with Gasteiger partial charge in [0.25, 0.3) is 0 Å². The first-order valence-corrected chi connectivity index (χ1v) is 48.2. The minimum absolute atomic E-state index is 0. The maximum atomic E-state index is 6.27. The van der Waals surface area contributed by atoms with Crippen molar-refractivity contribution in [1.29, 1.82) is 0 Å². The number of hydrogen-bond acceptors (Lipinski definition) is 9. The fraction of sp³-hybridized carbons (Fsp3) is 0.226. The van der Waals surface area contributed by atoms with Crippen LogP contribution in [0.4, 0.5) is 0 Å². The van der Waals surface area contributed by atoms with Crippen LogP contribution >= 0.6 is 0 Å². The first-order chi connectivity index (χ1) is 64.6. The molecule has 9 nitrogen and oxygen atoms in total. The standard InChI is InChI=1S/2C42H38N3S.C40H42N3S.3Pt/c1-41(2,3)30-25-33(40(46)34(26-30)42(4,5)6)36-22-29(27-14-8-7-9-15-27)24-39(44-36)45-37-18-11-10-16-31(37)32-20-19-28(23-38(32)45)35-17-12-13-21-43-35;1-41(2,3)30-25-33(40(46)34(26-30)42(4,5)6)36-16-12-17-39(44-36)45-37-21-19-28(27-13-8-7-9-14-27)23-32(37)31-20-18-29(24-38(31)45)35-15-10-11-22-43-35;1-38(2,3)26-17-19-34-29(22-26)28-18-16-25(32-13-10-11-20-41-32)21-35(28)43(34)36-15-12-14-33(42-36)30-23-27(39(4,5)6)24-31(37(30)44)40(7,8)9;;;/h7-22,24-26,46H,1-6H3;7-23,25-26,46H,1-6H3;10-20,22-24,44H,1-9H3;;;/q3*-1;3*+2/p-3. The van der Waals surface area contributed by atoms with Crippen molar-refractivity contribution in [3.05, 3.63) is 373 Å². The second kappa shape index (κ2) is 39.9. The Morgan fingerprint density at radius 2 is 0.554 bits per heavy atom. The van der Waals surface area contributed by atoms with E-state index in [2.05, 4.69) is 435 Å². The normalized spacial score (nSPS) is 12.1. The predicted octanol–water partition coefficient (Wildman–Crippen LogP) is 32.3. The van der Waals surface area contributed by atoms with Crippen LogP contribution in [0.15, 0.2) is 331 Å². The summed E-state index contributed by atoms with van der Waals surface area (Å²) in [4.78, 5) is 32.5. The zero-order valence-electron chi connectivity index (χ0n) is 82.7. The molecule has 20 aromatic rings. The number of fused-ring (bicyclic) bond motifs is 9. The molecule has 9 aromatic heterocycles. The Balaban J connectivity index is 0.000000156. The molecule has 0 radical (unpaired) electrons. The van der Waals surface area contributed by atoms with Gasteiger partial charge in [-0.1, -0.05) is 366 Å². The van der Waals surface area contributed by atoms with Crippen LogP contribution in [0.3, 0.4) is 0 Å². The van der Waals surface area contributed by atoms with E-state index in [0.717, 1.165) is 171 Å². The van der Waals surface area contributed by atoms with E-state index in [1.54, 1.807) is 0 Å². The maximum absolute atomic E-state index is 6.27. The minimum Gasteiger partial charge on any atom is -0.779 e. The van der Waals surface area contributed by atoms with Gasteiger partial charge in [-0.25, -0.2) is 15.0 Å². The van der Waals surface area contributed by atoms with E-state index in [0.29, 0.717) is 0 Å². The SMILES string of the molecule is CC(C)(C)c1cc(-c2cc(-c3ccccc3)cc(-n3c4[c-]c(-c5ccccn5)ccc4c4ccccc43)n2)c([S-])c(C(C)(C)C)c1.CC(C)(C)c1cc(-c2cccc(-n3c4[c-]c(-c5ccccn5)ccc4c4cc(-c5ccccc5)ccc43)n2)c([S-])c(C(C)(C)C)c1.CC(C)(C)c1cc(-c2cccc(-n3c4[c-]c(-c5ccccn5)ccc4c4cc(C(C)(C)C)ccc43)n2)c([S-])c(C(C)(C)C)c1.[Pt+2].[Pt+2].[Pt+2]. The van der Waals surface area contributed by atoms with Gasteiger partial charge in [0.2, 0.25) is 0 Å². The topological polar surface area (TPSA) is 92.1 Å². The third kappa shape index (κ3) is 20.9. The molecule has 0 amide bonds. The summed E-state index contributed by atoms with van der Waals surface area (Å²) in [6, 6.07) is 116. The summed E-state index contributed by atoms with van der Waals surface area (Å²) >= 11 is 18.6. The van der Waals surface area contributed by atoms with E-state index in [1.165, 1.54) is 55.5 Å². The number of aromatic nitrogens is 9. The van der Waals surface area contributed by atoms with Gasteiger partial charge in [0.1, 0.15) is 17.5 Å². The van der Waals surface area contributed by atoms with Gasteiger partial charge in [0.05, 0.1) is 17.1 Å². The molecule has 20 rings (SSSR count). The molecule has 0 unspecified atom stereocenters. The molecule has 0 N–H and O–H groups in total. The second-order valence-electron chi connectivity index (χ2n) is 43.1. The number of pyridine rings is 6. The van der Waals surface area contributed by atoms with E-state index in [-0.39, 0.29) is 101 Å². The molecule has 704 valence electrons. The van der Waals surface area contributed by atoms with Crippen molar-refractivity contribution in [3.8, 4) is 107 Å². The van der Waals surface area contributed by atoms with Crippen molar-refractivity contribution in [2.75, 3.05) is 0 Å². The molecule has 0 aliphatic rings. The Labute approximate surface area is 880 Å². The summed E-state index contributed by atoms with van der Waals surface area (Å²) in [5.74, 6) is 2.49. The van der Waals surface area contributed by atoms with Crippen molar-refractivity contribution < 1.29 is 63.2 Å². The zero-order chi connectivity index (χ0) is 96.0. The summed E-state index contributed by atoms with van der Waals surface area (Å²) in [6.45, 7) is 47.2. The van der Waals surface area contributed by atoms with Gasteiger partial charge in [-0.2, -0.15) is 14.7 Å². The van der Waals surface area contributed by atoms with Crippen molar-refractivity contribution in [1.82, 2.24) is 43.6 Å². The van der Waals surface area contributed by atoms with Crippen LogP contribution in [0.25, 0.3) is 173 Å². The third-order valence-corrected chi connectivity index (χ3v) is 27.2. The van der Waals surface area contributed by atoms with Gasteiger partial charge < -0.3 is 66.5 Å². The number of nitrogens with zero attached hydrogens (tertiary/aromatic N) is 9. The van der Waals surface area contributed by atoms with Crippen LogP contribution in [-0.2, 0) is 139 Å². The summed E-state index contributed by atoms with van der Waals surface area (Å²) in [5, 5.41) is 6.89. The van der Waals surface area contributed by atoms with Crippen molar-refractivity contribution >= 4 is 103 Å². The molecule has 9 heterocycles. The maximum Gasteiger partial charge on any atom is 2.00 e. The Morgan fingerprint density at radius 1 is 0.223 bits per heavy atom. The molecular formula is C124H115N9Pt3S3. The molecule has 0 spiro atoms. The van der Waals surface area contributed by atoms with Gasteiger partial charge in [0.15, 0.2) is 0 Å². The zero-order valence-corrected chi connectivity index (χ0v) is 92.0. The van der Waals surface area contributed by atoms with E-state index < -0.39 is 0 Å². The van der Waals surface area contributed by atoms with E-state index in [9.17, 15) is 0 Å². The molecule has 15 heteroatoms. The average molecular weight is 2410 g/mol. The molecule has 0 saturated heterocycles. The van der Waals surface area contributed by atoms with E-state index >= 15 is 0 Å². The predicted molar refractivity (Wildman–Crippen MR) is 577 cm³/mol. The van der Waals surface area contributed by atoms with Crippen LogP contribution in [0, 0.1) is 18.2 Å². The van der Waals surface area contributed by atoms with Crippen molar-refractivity contribution in [2.24, 2.45) is 0 Å². The number of benzene rings is 11. The summed E-state index contributed by atoms with van der Waals surface area (Å²) in [6.07, 6.45) is 5.47. The Hall–Kier alpha value is -11.6. The molecule has 0 bridgehead atoms. The Bertz CT molecular complexity index is 7960. The van der Waals surface area contributed by atoms with Crippen LogP contribution in [0.2, 0.25) is 0 Å². The summed E-state index contributed by atoms with van der Waals surface area (Å²) < 4.78 is 6.72. The molecule has 11 aromatic carbocycles. The fourth-order valence-corrected chi connectivity index (χ4v) is 19.8. The summed E-state index contributed by atoms with van der Waals surface area (Å²) in [7, 11) is 0. The smallest absolute Gasteiger partial charge is 0.779 e. The van der Waals surface area contributed by atoms with Crippen molar-refractivity contribution in [2.45, 2.75) is 198 Å². The van der Waals surface area contributed by atoms with E-state index in [4.69, 9.17) is 52.8 Å². The van der Waals surface area contributed by atoms with Crippen molar-refractivity contribution in [3.63, 3.8) is 0 Å². The van der Waals surface area contributed by atoms with Gasteiger partial charge in [-0.15, -0.1) is 71.3 Å². The quantitative estimate of drug-likeness (QED) is 0.0927. The summed E-state index contributed by atoms with van der Waals surface area (Å²) in [5.41, 5.74) is 30.1. The molecule has 139 heavy (non-hydrogen) atoms. The molecule has 0 atom stereocenters. The molecule has 0 fully saturated rings. The molecule has 0 aliphatic heterocycles. The van der Waals surface area contributed by atoms with Gasteiger partial charge in [-0.3, -0.25) is 0 Å². The van der Waals surface area contributed by atoms with Gasteiger partial charge in [0, 0.05) is 35.1 Å². The van der Waals surface area contributed by atoms with Crippen LogP contribution < -0.4 is 0 Å². The van der Waals surface area contributed by atoms with E-state index in [1.807, 2.05) is 73.2 Å². The average Bonchev–Trinajstić information content (AvgIpc) is 1.59. The number of rotatable bonds is 11. The fourth-order valence-electron chi connectivity index (χ4n) is 18.2. The van der Waals surface area contributed by atoms with Crippen LogP contribution in [-0.4, -0.2) is 43.6 Å². The molecule has 0 saturated carbocycles. The third-order valence-electron chi connectivity index (χ3n) is 25.9. The van der Waals surface area contributed by atoms with Crippen LogP contribution in [0.5, 0.6) is 0 Å². The van der Waals surface area contributed by atoms with Gasteiger partial charge in [-0.05, 0) is 222 Å². The Morgan fingerprint density at radius 3 is 0.942 bits per heavy atom. The monoisotopic (exact) mass is 2410 g/mol. The first kappa shape index (κ1) is 102. The first-order valence-electron chi connectivity index (χ1n) is 47.0. The molecule has 0 aliphatic carbocycles. The number of hydrogen-bond donors (Lipinski definition) is 0. The largest absolute Gasteiger partial charge is 2.00 e. The van der Waals surface area contributed by atoms with Crippen LogP contribution in [0.1, 0.15) is 184 Å². The van der Waals surface area contributed by atoms with Gasteiger partial charge >= 0.3 is 63.2 Å². The minimum atomic E-state index is -0.114. The second-order valence-corrected chi connectivity index (χ2v) is 44.3. The number of para-hydroxylation sites is 1. The molecular weight excluding hydrogens is 2300 g/mol. The Kier molecular flexibility index (Phi) is 29.2.